The zero-order chi connectivity index (χ0) is 15.2. The lowest BCUT2D eigenvalue weighted by atomic mass is 9.85. The number of nitrogens with zero attached hydrogens (tertiary/aromatic N) is 3. The maximum atomic E-state index is 12.2. The van der Waals surface area contributed by atoms with E-state index in [0.717, 1.165) is 36.8 Å². The van der Waals surface area contributed by atoms with Crippen LogP contribution in [-0.2, 0) is 6.54 Å². The molecule has 0 aromatic carbocycles. The van der Waals surface area contributed by atoms with Crippen molar-refractivity contribution in [2.45, 2.75) is 46.6 Å². The lowest BCUT2D eigenvalue weighted by Gasteiger charge is -2.29. The van der Waals surface area contributed by atoms with Gasteiger partial charge in [0.15, 0.2) is 0 Å². The van der Waals surface area contributed by atoms with E-state index in [1.807, 2.05) is 7.05 Å². The molecule has 0 atom stereocenters. The highest BCUT2D eigenvalue weighted by Crippen LogP contribution is 2.30. The number of halogens is 1. The maximum Gasteiger partial charge on any atom is 0.268 e. The van der Waals surface area contributed by atoms with Gasteiger partial charge >= 0.3 is 0 Å². The number of hydrogen-bond acceptors (Lipinski definition) is 3. The molecule has 0 N–H and O–H groups in total. The molecule has 0 spiro atoms. The van der Waals surface area contributed by atoms with Crippen molar-refractivity contribution in [1.82, 2.24) is 9.78 Å². The van der Waals surface area contributed by atoms with Crippen molar-refractivity contribution < 1.29 is 0 Å². The molecular weight excluding hydrogens is 318 g/mol. The SMILES string of the molecule is CCCN(C)c1cnn(CC(CC)(CC)CBr)c(=O)c1. The van der Waals surface area contributed by atoms with Gasteiger partial charge in [0.05, 0.1) is 18.4 Å². The lowest BCUT2D eigenvalue weighted by molar-refractivity contribution is 0.242. The molecule has 0 unspecified atom stereocenters. The minimum Gasteiger partial charge on any atom is -0.373 e. The zero-order valence-corrected chi connectivity index (χ0v) is 14.6. The van der Waals surface area contributed by atoms with Crippen LogP contribution in [-0.4, -0.2) is 28.7 Å². The Kier molecular flexibility index (Phi) is 6.72. The van der Waals surface area contributed by atoms with Gasteiger partial charge in [0, 0.05) is 25.0 Å². The van der Waals surface area contributed by atoms with E-state index in [1.165, 1.54) is 0 Å². The Morgan fingerprint density at radius 3 is 2.45 bits per heavy atom. The molecule has 0 amide bonds. The molecule has 0 saturated carbocycles. The van der Waals surface area contributed by atoms with Gasteiger partial charge in [-0.25, -0.2) is 4.68 Å². The van der Waals surface area contributed by atoms with E-state index in [-0.39, 0.29) is 11.0 Å². The predicted octanol–water partition coefficient (Wildman–Crippen LogP) is 3.29. The van der Waals surface area contributed by atoms with E-state index >= 15 is 0 Å². The standard InChI is InChI=1S/C15H26BrN3O/c1-5-8-18(4)13-9-14(20)19(17-10-13)12-15(6-2,7-3)11-16/h9-10H,5-8,11-12H2,1-4H3. The minimum absolute atomic E-state index is 0.0160. The van der Waals surface area contributed by atoms with Crippen LogP contribution in [0.15, 0.2) is 17.1 Å². The van der Waals surface area contributed by atoms with E-state index < -0.39 is 0 Å². The normalized spacial score (nSPS) is 11.7. The average Bonchev–Trinajstić information content (AvgIpc) is 2.47. The first-order valence-electron chi connectivity index (χ1n) is 7.36. The van der Waals surface area contributed by atoms with Crippen molar-refractivity contribution in [2.75, 3.05) is 23.8 Å². The summed E-state index contributed by atoms with van der Waals surface area (Å²) in [4.78, 5) is 14.3. The van der Waals surface area contributed by atoms with Crippen molar-refractivity contribution in [1.29, 1.82) is 0 Å². The van der Waals surface area contributed by atoms with Gasteiger partial charge < -0.3 is 4.90 Å². The molecule has 4 nitrogen and oxygen atoms in total. The quantitative estimate of drug-likeness (QED) is 0.679. The first-order valence-corrected chi connectivity index (χ1v) is 8.48. The van der Waals surface area contributed by atoms with Gasteiger partial charge in [-0.15, -0.1) is 0 Å². The van der Waals surface area contributed by atoms with Gasteiger partial charge in [-0.1, -0.05) is 36.7 Å². The predicted molar refractivity (Wildman–Crippen MR) is 88.9 cm³/mol. The summed E-state index contributed by atoms with van der Waals surface area (Å²) in [6.07, 6.45) is 4.90. The summed E-state index contributed by atoms with van der Waals surface area (Å²) in [6, 6.07) is 1.69. The molecule has 114 valence electrons. The second-order valence-electron chi connectivity index (χ2n) is 5.47. The second kappa shape index (κ2) is 7.81. The number of hydrogen-bond donors (Lipinski definition) is 0. The van der Waals surface area contributed by atoms with Crippen molar-refractivity contribution in [3.05, 3.63) is 22.6 Å². The van der Waals surface area contributed by atoms with Crippen molar-refractivity contribution in [3.8, 4) is 0 Å². The third kappa shape index (κ3) is 4.08. The Bertz CT molecular complexity index is 460. The van der Waals surface area contributed by atoms with Crippen molar-refractivity contribution >= 4 is 21.6 Å². The maximum absolute atomic E-state index is 12.2. The third-order valence-electron chi connectivity index (χ3n) is 4.12. The second-order valence-corrected chi connectivity index (χ2v) is 6.03. The molecule has 0 bridgehead atoms. The highest BCUT2D eigenvalue weighted by molar-refractivity contribution is 9.09. The number of alkyl halides is 1. The summed E-state index contributed by atoms with van der Waals surface area (Å²) in [7, 11) is 1.99. The van der Waals surface area contributed by atoms with E-state index in [4.69, 9.17) is 0 Å². The fraction of sp³-hybridized carbons (Fsp3) is 0.733. The monoisotopic (exact) mass is 343 g/mol. The Morgan fingerprint density at radius 2 is 2.00 bits per heavy atom. The van der Waals surface area contributed by atoms with E-state index in [9.17, 15) is 4.79 Å². The largest absolute Gasteiger partial charge is 0.373 e. The fourth-order valence-electron chi connectivity index (χ4n) is 2.24. The molecular formula is C15H26BrN3O. The molecule has 0 aliphatic carbocycles. The van der Waals surface area contributed by atoms with Crippen LogP contribution >= 0.6 is 15.9 Å². The van der Waals surface area contributed by atoms with Gasteiger partial charge in [-0.2, -0.15) is 5.10 Å². The van der Waals surface area contributed by atoms with Gasteiger partial charge in [0.1, 0.15) is 0 Å². The van der Waals surface area contributed by atoms with Crippen LogP contribution in [0.4, 0.5) is 5.69 Å². The van der Waals surface area contributed by atoms with Crippen LogP contribution in [0, 0.1) is 5.41 Å². The lowest BCUT2D eigenvalue weighted by Crippen LogP contribution is -2.34. The van der Waals surface area contributed by atoms with Crippen LogP contribution in [0.5, 0.6) is 0 Å². The third-order valence-corrected chi connectivity index (χ3v) is 5.31. The first kappa shape index (κ1) is 17.2. The molecule has 1 rings (SSSR count). The molecule has 0 fully saturated rings. The van der Waals surface area contributed by atoms with Crippen LogP contribution < -0.4 is 10.5 Å². The average molecular weight is 344 g/mol. The molecule has 0 aliphatic rings. The minimum atomic E-state index is -0.0160. The summed E-state index contributed by atoms with van der Waals surface area (Å²) in [5.74, 6) is 0. The summed E-state index contributed by atoms with van der Waals surface area (Å²) in [6.45, 7) is 8.05. The molecule has 0 saturated heterocycles. The van der Waals surface area contributed by atoms with E-state index in [1.54, 1.807) is 16.9 Å². The number of rotatable bonds is 8. The van der Waals surface area contributed by atoms with Gasteiger partial charge in [0.25, 0.3) is 5.56 Å². The molecule has 0 aliphatic heterocycles. The first-order chi connectivity index (χ1) is 9.51. The Morgan fingerprint density at radius 1 is 1.35 bits per heavy atom. The fourth-order valence-corrected chi connectivity index (χ4v) is 3.21. The Hall–Kier alpha value is -0.840. The smallest absolute Gasteiger partial charge is 0.268 e. The van der Waals surface area contributed by atoms with Gasteiger partial charge in [0.2, 0.25) is 0 Å². The van der Waals surface area contributed by atoms with E-state index in [2.05, 4.69) is 46.7 Å². The number of anilines is 1. The highest BCUT2D eigenvalue weighted by Gasteiger charge is 2.26. The van der Waals surface area contributed by atoms with Crippen molar-refractivity contribution in [3.63, 3.8) is 0 Å². The van der Waals surface area contributed by atoms with Crippen LogP contribution in [0.3, 0.4) is 0 Å². The molecule has 5 heteroatoms. The molecule has 1 aromatic heterocycles. The van der Waals surface area contributed by atoms with Gasteiger partial charge in [-0.05, 0) is 24.7 Å². The number of aromatic nitrogens is 2. The topological polar surface area (TPSA) is 38.1 Å². The molecule has 1 heterocycles. The van der Waals surface area contributed by atoms with E-state index in [0.29, 0.717) is 6.54 Å². The van der Waals surface area contributed by atoms with Gasteiger partial charge in [-0.3, -0.25) is 4.79 Å². The highest BCUT2D eigenvalue weighted by atomic mass is 79.9. The van der Waals surface area contributed by atoms with Crippen molar-refractivity contribution in [2.24, 2.45) is 5.41 Å². The Labute approximate surface area is 130 Å². The van der Waals surface area contributed by atoms with Crippen LogP contribution in [0.2, 0.25) is 0 Å². The summed E-state index contributed by atoms with van der Waals surface area (Å²) < 4.78 is 1.59. The summed E-state index contributed by atoms with van der Waals surface area (Å²) in [5, 5.41) is 5.24. The molecule has 0 radical (unpaired) electrons. The summed E-state index contributed by atoms with van der Waals surface area (Å²) >= 11 is 3.58. The van der Waals surface area contributed by atoms with Crippen LogP contribution in [0.25, 0.3) is 0 Å². The zero-order valence-electron chi connectivity index (χ0n) is 13.0. The Balaban J connectivity index is 2.96. The molecule has 1 aromatic rings. The van der Waals surface area contributed by atoms with Crippen LogP contribution in [0.1, 0.15) is 40.0 Å². The summed E-state index contributed by atoms with van der Waals surface area (Å²) in [5.41, 5.74) is 0.983. The molecule has 20 heavy (non-hydrogen) atoms.